The van der Waals surface area contributed by atoms with Crippen molar-refractivity contribution in [3.05, 3.63) is 15.5 Å². The van der Waals surface area contributed by atoms with Crippen LogP contribution in [0.3, 0.4) is 0 Å². The summed E-state index contributed by atoms with van der Waals surface area (Å²) in [6.07, 6.45) is 1.88. The van der Waals surface area contributed by atoms with Gasteiger partial charge in [0.2, 0.25) is 0 Å². The van der Waals surface area contributed by atoms with Gasteiger partial charge in [0.1, 0.15) is 0 Å². The van der Waals surface area contributed by atoms with Crippen molar-refractivity contribution in [2.75, 3.05) is 6.61 Å². The van der Waals surface area contributed by atoms with E-state index in [1.54, 1.807) is 0 Å². The van der Waals surface area contributed by atoms with E-state index in [1.807, 2.05) is 16.1 Å². The first-order valence-electron chi connectivity index (χ1n) is 2.59. The molecule has 0 saturated carbocycles. The van der Waals surface area contributed by atoms with Gasteiger partial charge in [0.15, 0.2) is 3.95 Å². The number of nitrogens with zero attached hydrogens (tertiary/aromatic N) is 1. The molecule has 1 heterocycles. The fourth-order valence-corrected chi connectivity index (χ4v) is 1.49. The number of aliphatic hydroxyl groups excluding tert-OH is 1. The quantitative estimate of drug-likeness (QED) is 0.661. The molecule has 0 unspecified atom stereocenters. The van der Waals surface area contributed by atoms with Crippen molar-refractivity contribution in [2.24, 2.45) is 0 Å². The van der Waals surface area contributed by atoms with Gasteiger partial charge in [0, 0.05) is 18.1 Å². The highest BCUT2D eigenvalue weighted by Gasteiger charge is 1.88. The lowest BCUT2D eigenvalue weighted by atomic mass is 10.7. The highest BCUT2D eigenvalue weighted by molar-refractivity contribution is 7.73. The van der Waals surface area contributed by atoms with Crippen molar-refractivity contribution in [1.29, 1.82) is 0 Å². The average molecular weight is 161 g/mol. The first-order valence-corrected chi connectivity index (χ1v) is 3.88. The number of thiazole rings is 1. The van der Waals surface area contributed by atoms with Gasteiger partial charge < -0.3 is 9.67 Å². The Morgan fingerprint density at radius 2 is 2.56 bits per heavy atom. The molecule has 50 valence electrons. The molecule has 4 heteroatoms. The molecule has 1 rings (SSSR count). The monoisotopic (exact) mass is 161 g/mol. The van der Waals surface area contributed by atoms with Crippen molar-refractivity contribution in [1.82, 2.24) is 4.57 Å². The fraction of sp³-hybridized carbons (Fsp3) is 0.400. The molecule has 0 aromatic carbocycles. The second-order valence-electron chi connectivity index (χ2n) is 1.59. The topological polar surface area (TPSA) is 25.2 Å². The van der Waals surface area contributed by atoms with Crippen LogP contribution in [0.15, 0.2) is 11.6 Å². The molecule has 0 aliphatic rings. The molecule has 1 N–H and O–H groups in total. The van der Waals surface area contributed by atoms with Crippen LogP contribution in [0.25, 0.3) is 0 Å². The van der Waals surface area contributed by atoms with E-state index < -0.39 is 0 Å². The zero-order valence-corrected chi connectivity index (χ0v) is 6.41. The predicted molar refractivity (Wildman–Crippen MR) is 40.2 cm³/mol. The summed E-state index contributed by atoms with van der Waals surface area (Å²) in [7, 11) is 0. The number of aromatic nitrogens is 1. The SMILES string of the molecule is OCCn1ccsc1=S. The second-order valence-corrected chi connectivity index (χ2v) is 3.13. The number of hydrogen-bond acceptors (Lipinski definition) is 3. The molecular formula is C5H7NOS2. The molecule has 0 spiro atoms. The average Bonchev–Trinajstić information content (AvgIpc) is 2.18. The maximum absolute atomic E-state index is 8.50. The van der Waals surface area contributed by atoms with Crippen LogP contribution in [0.4, 0.5) is 0 Å². The van der Waals surface area contributed by atoms with Crippen LogP contribution in [0.1, 0.15) is 0 Å². The van der Waals surface area contributed by atoms with E-state index in [4.69, 9.17) is 17.3 Å². The lowest BCUT2D eigenvalue weighted by molar-refractivity contribution is 0.276. The third-order valence-electron chi connectivity index (χ3n) is 0.985. The molecule has 0 atom stereocenters. The van der Waals surface area contributed by atoms with Crippen molar-refractivity contribution < 1.29 is 5.11 Å². The van der Waals surface area contributed by atoms with Crippen molar-refractivity contribution in [2.45, 2.75) is 6.54 Å². The zero-order chi connectivity index (χ0) is 6.69. The summed E-state index contributed by atoms with van der Waals surface area (Å²) in [5, 5.41) is 10.4. The Bertz CT molecular complexity index is 227. The molecule has 0 radical (unpaired) electrons. The van der Waals surface area contributed by atoms with Gasteiger partial charge in [0.05, 0.1) is 6.61 Å². The van der Waals surface area contributed by atoms with Crippen LogP contribution in [0.5, 0.6) is 0 Å². The standard InChI is InChI=1S/C5H7NOS2/c7-3-1-6-2-4-9-5(6)8/h2,4,7H,1,3H2. The van der Waals surface area contributed by atoms with Crippen LogP contribution in [0, 0.1) is 3.95 Å². The largest absolute Gasteiger partial charge is 0.395 e. The molecule has 0 aliphatic heterocycles. The van der Waals surface area contributed by atoms with Crippen molar-refractivity contribution in [3.63, 3.8) is 0 Å². The van der Waals surface area contributed by atoms with Crippen molar-refractivity contribution in [3.8, 4) is 0 Å². The minimum atomic E-state index is 0.158. The van der Waals surface area contributed by atoms with Crippen LogP contribution in [0.2, 0.25) is 0 Å². The molecule has 0 amide bonds. The number of rotatable bonds is 2. The normalized spacial score (nSPS) is 9.89. The molecule has 9 heavy (non-hydrogen) atoms. The summed E-state index contributed by atoms with van der Waals surface area (Å²) in [5.74, 6) is 0. The molecule has 0 fully saturated rings. The van der Waals surface area contributed by atoms with E-state index in [0.717, 1.165) is 3.95 Å². The van der Waals surface area contributed by atoms with E-state index in [1.165, 1.54) is 11.3 Å². The molecule has 0 bridgehead atoms. The summed E-state index contributed by atoms with van der Waals surface area (Å²) in [6, 6.07) is 0. The third-order valence-corrected chi connectivity index (χ3v) is 2.20. The smallest absolute Gasteiger partial charge is 0.161 e. The molecule has 1 aromatic rings. The van der Waals surface area contributed by atoms with Gasteiger partial charge >= 0.3 is 0 Å². The van der Waals surface area contributed by atoms with Gasteiger partial charge in [-0.1, -0.05) is 0 Å². The minimum Gasteiger partial charge on any atom is -0.395 e. The van der Waals surface area contributed by atoms with Crippen LogP contribution >= 0.6 is 23.6 Å². The summed E-state index contributed by atoms with van der Waals surface area (Å²) in [6.45, 7) is 0.771. The van der Waals surface area contributed by atoms with Crippen LogP contribution < -0.4 is 0 Å². The first kappa shape index (κ1) is 6.92. The summed E-state index contributed by atoms with van der Waals surface area (Å²) in [4.78, 5) is 0. The lowest BCUT2D eigenvalue weighted by Gasteiger charge is -1.94. The Labute approximate surface area is 62.4 Å². The summed E-state index contributed by atoms with van der Waals surface area (Å²) in [5.41, 5.74) is 0. The van der Waals surface area contributed by atoms with E-state index in [9.17, 15) is 0 Å². The Balaban J connectivity index is 2.81. The van der Waals surface area contributed by atoms with Gasteiger partial charge in [0.25, 0.3) is 0 Å². The Morgan fingerprint density at radius 1 is 1.78 bits per heavy atom. The van der Waals surface area contributed by atoms with E-state index in [2.05, 4.69) is 0 Å². The number of aliphatic hydroxyl groups is 1. The summed E-state index contributed by atoms with van der Waals surface area (Å²) < 4.78 is 2.67. The Hall–Kier alpha value is -0.190. The van der Waals surface area contributed by atoms with Crippen molar-refractivity contribution >= 4 is 23.6 Å². The first-order chi connectivity index (χ1) is 4.34. The van der Waals surface area contributed by atoms with E-state index in [0.29, 0.717) is 6.54 Å². The highest BCUT2D eigenvalue weighted by atomic mass is 32.1. The minimum absolute atomic E-state index is 0.158. The zero-order valence-electron chi connectivity index (χ0n) is 4.78. The molecular weight excluding hydrogens is 154 g/mol. The summed E-state index contributed by atoms with van der Waals surface area (Å²) >= 11 is 6.43. The molecule has 0 saturated heterocycles. The Morgan fingerprint density at radius 3 is 3.00 bits per heavy atom. The maximum atomic E-state index is 8.50. The maximum Gasteiger partial charge on any atom is 0.161 e. The van der Waals surface area contributed by atoms with Gasteiger partial charge in [-0.2, -0.15) is 0 Å². The third kappa shape index (κ3) is 1.61. The predicted octanol–water partition coefficient (Wildman–Crippen LogP) is 1.27. The van der Waals surface area contributed by atoms with Crippen LogP contribution in [-0.2, 0) is 6.54 Å². The molecule has 1 aromatic heterocycles. The Kier molecular flexibility index (Phi) is 2.38. The number of hydrogen-bond donors (Lipinski definition) is 1. The van der Waals surface area contributed by atoms with Gasteiger partial charge in [-0.25, -0.2) is 0 Å². The van der Waals surface area contributed by atoms with E-state index in [-0.39, 0.29) is 6.61 Å². The fourth-order valence-electron chi connectivity index (χ4n) is 0.564. The van der Waals surface area contributed by atoms with Crippen LogP contribution in [-0.4, -0.2) is 16.3 Å². The van der Waals surface area contributed by atoms with Gasteiger partial charge in [-0.15, -0.1) is 11.3 Å². The second kappa shape index (κ2) is 3.10. The van der Waals surface area contributed by atoms with Gasteiger partial charge in [-0.05, 0) is 12.2 Å². The molecule has 2 nitrogen and oxygen atoms in total. The van der Waals surface area contributed by atoms with Gasteiger partial charge in [-0.3, -0.25) is 0 Å². The molecule has 0 aliphatic carbocycles. The lowest BCUT2D eigenvalue weighted by Crippen LogP contribution is -1.98. The highest BCUT2D eigenvalue weighted by Crippen LogP contribution is 2.01. The van der Waals surface area contributed by atoms with E-state index >= 15 is 0 Å².